The van der Waals surface area contributed by atoms with E-state index in [2.05, 4.69) is 0 Å². The summed E-state index contributed by atoms with van der Waals surface area (Å²) in [5.41, 5.74) is 0.233. The third-order valence-corrected chi connectivity index (χ3v) is 4.78. The SMILES string of the molecule is COc1ccc2c(=O)oc3c(OC)cc(CCN(C)C)c4c(=O)oc1c2c34. The molecule has 0 bridgehead atoms. The zero-order valence-corrected chi connectivity index (χ0v) is 15.5. The van der Waals surface area contributed by atoms with Crippen molar-refractivity contribution in [3.63, 3.8) is 0 Å². The van der Waals surface area contributed by atoms with Gasteiger partial charge >= 0.3 is 11.3 Å². The maximum atomic E-state index is 12.9. The predicted octanol–water partition coefficient (Wildman–Crippen LogP) is 2.61. The lowest BCUT2D eigenvalue weighted by atomic mass is 9.97. The largest absolute Gasteiger partial charge is 0.493 e. The molecule has 0 unspecified atom stereocenters. The molecule has 0 radical (unpaired) electrons. The first-order valence-corrected chi connectivity index (χ1v) is 8.50. The summed E-state index contributed by atoms with van der Waals surface area (Å²) in [4.78, 5) is 27.4. The van der Waals surface area contributed by atoms with Gasteiger partial charge in [-0.2, -0.15) is 0 Å². The zero-order chi connectivity index (χ0) is 19.3. The molecule has 0 aliphatic carbocycles. The first kappa shape index (κ1) is 17.4. The zero-order valence-electron chi connectivity index (χ0n) is 15.5. The highest BCUT2D eigenvalue weighted by atomic mass is 16.5. The van der Waals surface area contributed by atoms with Crippen molar-refractivity contribution in [2.45, 2.75) is 6.42 Å². The lowest BCUT2D eigenvalue weighted by Crippen LogP contribution is -2.17. The Morgan fingerprint density at radius 1 is 0.889 bits per heavy atom. The van der Waals surface area contributed by atoms with Crippen LogP contribution in [0.5, 0.6) is 11.5 Å². The van der Waals surface area contributed by atoms with E-state index in [1.165, 1.54) is 14.2 Å². The predicted molar refractivity (Wildman–Crippen MR) is 103 cm³/mol. The van der Waals surface area contributed by atoms with Crippen molar-refractivity contribution in [2.24, 2.45) is 0 Å². The Balaban J connectivity index is 2.26. The Morgan fingerprint density at radius 3 is 2.22 bits per heavy atom. The van der Waals surface area contributed by atoms with Crippen LogP contribution in [0.3, 0.4) is 0 Å². The minimum Gasteiger partial charge on any atom is -0.493 e. The summed E-state index contributed by atoms with van der Waals surface area (Å²) in [6.45, 7) is 0.736. The number of hydrogen-bond donors (Lipinski definition) is 0. The van der Waals surface area contributed by atoms with Crippen molar-refractivity contribution in [3.8, 4) is 11.5 Å². The quantitative estimate of drug-likeness (QED) is 0.395. The highest BCUT2D eigenvalue weighted by Gasteiger charge is 2.24. The average Bonchev–Trinajstić information content (AvgIpc) is 2.65. The molecule has 2 aromatic heterocycles. The molecule has 0 aliphatic heterocycles. The standard InChI is InChI=1S/C20H19NO6/c1-21(2)8-7-10-9-13(25-4)18-16-14(10)20(23)27-17-12(24-3)6-5-11(15(16)17)19(22)26-18/h5-6,9H,7-8H2,1-4H3. The highest BCUT2D eigenvalue weighted by Crippen LogP contribution is 2.40. The third-order valence-electron chi connectivity index (χ3n) is 4.78. The van der Waals surface area contributed by atoms with E-state index in [1.807, 2.05) is 19.0 Å². The smallest absolute Gasteiger partial charge is 0.344 e. The molecule has 4 rings (SSSR count). The summed E-state index contributed by atoms with van der Waals surface area (Å²) in [6.07, 6.45) is 0.615. The summed E-state index contributed by atoms with van der Waals surface area (Å²) in [5.74, 6) is 0.788. The number of nitrogens with zero attached hydrogens (tertiary/aromatic N) is 1. The molecular formula is C20H19NO6. The van der Waals surface area contributed by atoms with Crippen LogP contribution in [-0.4, -0.2) is 39.8 Å². The number of methoxy groups -OCH3 is 2. The maximum absolute atomic E-state index is 12.9. The van der Waals surface area contributed by atoms with Gasteiger partial charge in [0.05, 0.1) is 25.0 Å². The molecule has 0 spiro atoms. The molecule has 0 fully saturated rings. The molecule has 7 nitrogen and oxygen atoms in total. The topological polar surface area (TPSA) is 82.1 Å². The summed E-state index contributed by atoms with van der Waals surface area (Å²) in [7, 11) is 6.90. The molecule has 0 aliphatic rings. The van der Waals surface area contributed by atoms with Gasteiger partial charge in [0.2, 0.25) is 0 Å². The second-order valence-corrected chi connectivity index (χ2v) is 6.67. The molecule has 0 saturated carbocycles. The van der Waals surface area contributed by atoms with Crippen molar-refractivity contribution in [1.82, 2.24) is 4.90 Å². The number of rotatable bonds is 5. The van der Waals surface area contributed by atoms with Crippen LogP contribution in [-0.2, 0) is 6.42 Å². The molecule has 0 N–H and O–H groups in total. The van der Waals surface area contributed by atoms with Gasteiger partial charge in [0.15, 0.2) is 22.7 Å². The van der Waals surface area contributed by atoms with E-state index in [0.29, 0.717) is 39.5 Å². The van der Waals surface area contributed by atoms with Crippen LogP contribution in [0.25, 0.3) is 32.7 Å². The van der Waals surface area contributed by atoms with Crippen LogP contribution in [0.15, 0.2) is 36.6 Å². The second kappa shape index (κ2) is 6.28. The molecular weight excluding hydrogens is 350 g/mol. The van der Waals surface area contributed by atoms with E-state index in [1.54, 1.807) is 18.2 Å². The number of benzene rings is 2. The maximum Gasteiger partial charge on any atom is 0.344 e. The number of hydrogen-bond acceptors (Lipinski definition) is 7. The van der Waals surface area contributed by atoms with Crippen molar-refractivity contribution < 1.29 is 18.3 Å². The second-order valence-electron chi connectivity index (χ2n) is 6.67. The molecule has 0 saturated heterocycles. The molecule has 0 atom stereocenters. The van der Waals surface area contributed by atoms with Crippen LogP contribution in [0.2, 0.25) is 0 Å². The molecule has 2 aromatic carbocycles. The average molecular weight is 369 g/mol. The molecule has 27 heavy (non-hydrogen) atoms. The van der Waals surface area contributed by atoms with E-state index < -0.39 is 11.3 Å². The Hall–Kier alpha value is -3.06. The van der Waals surface area contributed by atoms with Crippen LogP contribution in [0, 0.1) is 0 Å². The van der Waals surface area contributed by atoms with Crippen LogP contribution < -0.4 is 20.7 Å². The third kappa shape index (κ3) is 2.54. The van der Waals surface area contributed by atoms with Gasteiger partial charge in [-0.05, 0) is 44.3 Å². The van der Waals surface area contributed by atoms with Gasteiger partial charge < -0.3 is 23.2 Å². The van der Waals surface area contributed by atoms with E-state index in [-0.39, 0.29) is 11.2 Å². The van der Waals surface area contributed by atoms with Gasteiger partial charge in [0.25, 0.3) is 0 Å². The van der Waals surface area contributed by atoms with E-state index in [4.69, 9.17) is 18.3 Å². The minimum absolute atomic E-state index is 0.234. The van der Waals surface area contributed by atoms with Crippen molar-refractivity contribution in [3.05, 3.63) is 44.6 Å². The van der Waals surface area contributed by atoms with E-state index in [0.717, 1.165) is 12.1 Å². The number of likely N-dealkylation sites (N-methyl/N-ethyl adjacent to an activating group) is 1. The summed E-state index contributed by atoms with van der Waals surface area (Å²) >= 11 is 0. The molecule has 2 heterocycles. The van der Waals surface area contributed by atoms with Gasteiger partial charge in [-0.15, -0.1) is 0 Å². The van der Waals surface area contributed by atoms with Gasteiger partial charge in [0, 0.05) is 17.3 Å². The fourth-order valence-electron chi connectivity index (χ4n) is 3.49. The van der Waals surface area contributed by atoms with Crippen LogP contribution in [0.1, 0.15) is 5.56 Å². The monoisotopic (exact) mass is 369 g/mol. The molecule has 7 heteroatoms. The summed E-state index contributed by atoms with van der Waals surface area (Å²) in [6, 6.07) is 4.94. The lowest BCUT2D eigenvalue weighted by Gasteiger charge is -2.16. The Morgan fingerprint density at radius 2 is 1.56 bits per heavy atom. The molecule has 0 amide bonds. The minimum atomic E-state index is -0.523. The van der Waals surface area contributed by atoms with Gasteiger partial charge in [0.1, 0.15) is 0 Å². The van der Waals surface area contributed by atoms with Gasteiger partial charge in [-0.3, -0.25) is 0 Å². The van der Waals surface area contributed by atoms with Crippen molar-refractivity contribution >= 4 is 32.7 Å². The first-order valence-electron chi connectivity index (χ1n) is 8.50. The Labute approximate surface area is 154 Å². The first-order chi connectivity index (χ1) is 13.0. The fourth-order valence-corrected chi connectivity index (χ4v) is 3.49. The lowest BCUT2D eigenvalue weighted by molar-refractivity contribution is 0.402. The van der Waals surface area contributed by atoms with Gasteiger partial charge in [-0.25, -0.2) is 9.59 Å². The van der Waals surface area contributed by atoms with E-state index >= 15 is 0 Å². The molecule has 140 valence electrons. The van der Waals surface area contributed by atoms with E-state index in [9.17, 15) is 9.59 Å². The summed E-state index contributed by atoms with van der Waals surface area (Å²) < 4.78 is 21.9. The highest BCUT2D eigenvalue weighted by molar-refractivity contribution is 6.21. The number of ether oxygens (including phenoxy) is 2. The fraction of sp³-hybridized carbons (Fsp3) is 0.300. The van der Waals surface area contributed by atoms with Crippen LogP contribution in [0.4, 0.5) is 0 Å². The van der Waals surface area contributed by atoms with Crippen molar-refractivity contribution in [1.29, 1.82) is 0 Å². The van der Waals surface area contributed by atoms with Crippen molar-refractivity contribution in [2.75, 3.05) is 34.9 Å². The normalized spacial score (nSPS) is 11.9. The molecule has 4 aromatic rings. The van der Waals surface area contributed by atoms with Gasteiger partial charge in [-0.1, -0.05) is 0 Å². The van der Waals surface area contributed by atoms with Crippen LogP contribution >= 0.6 is 0 Å². The Kier molecular flexibility index (Phi) is 4.04. The Bertz CT molecular complexity index is 1270. The summed E-state index contributed by atoms with van der Waals surface area (Å²) in [5, 5.41) is 1.78.